The molecule has 0 aliphatic rings. The van der Waals surface area contributed by atoms with Gasteiger partial charge in [0.1, 0.15) is 0 Å². The van der Waals surface area contributed by atoms with E-state index in [0.717, 1.165) is 32.2 Å². The molecule has 0 atom stereocenters. The summed E-state index contributed by atoms with van der Waals surface area (Å²) in [5.74, 6) is 0. The number of aryl methyl sites for hydroxylation is 1. The van der Waals surface area contributed by atoms with Crippen molar-refractivity contribution >= 4 is 43.8 Å². The van der Waals surface area contributed by atoms with Crippen LogP contribution in [0.5, 0.6) is 0 Å². The predicted molar refractivity (Wildman–Crippen MR) is 94.1 cm³/mol. The lowest BCUT2D eigenvalue weighted by Crippen LogP contribution is -1.90. The Kier molecular flexibility index (Phi) is 3.94. The maximum absolute atomic E-state index is 5.69. The van der Waals surface area contributed by atoms with Crippen LogP contribution >= 0.6 is 27.3 Å². The lowest BCUT2D eigenvalue weighted by Gasteiger charge is -2.02. The third kappa shape index (κ3) is 3.25. The van der Waals surface area contributed by atoms with Gasteiger partial charge in [-0.1, -0.05) is 28.1 Å². The Bertz CT molecular complexity index is 765. The molecule has 0 bridgehead atoms. The van der Waals surface area contributed by atoms with E-state index < -0.39 is 0 Å². The maximum Gasteiger partial charge on any atom is 0.187 e. The number of nitrogens with zero attached hydrogens (tertiary/aromatic N) is 1. The summed E-state index contributed by atoms with van der Waals surface area (Å²) >= 11 is 5.14. The molecule has 0 aliphatic carbocycles. The van der Waals surface area contributed by atoms with Crippen LogP contribution in [0, 0.1) is 6.92 Å². The number of hydrogen-bond donors (Lipinski definition) is 2. The molecule has 21 heavy (non-hydrogen) atoms. The van der Waals surface area contributed by atoms with Crippen molar-refractivity contribution in [3.8, 4) is 11.3 Å². The molecule has 3 nitrogen and oxygen atoms in total. The molecule has 2 aromatic carbocycles. The molecule has 0 radical (unpaired) electrons. The van der Waals surface area contributed by atoms with Gasteiger partial charge >= 0.3 is 0 Å². The van der Waals surface area contributed by atoms with Crippen LogP contribution in [0.3, 0.4) is 0 Å². The summed E-state index contributed by atoms with van der Waals surface area (Å²) in [6.45, 7) is 2.09. The summed E-state index contributed by atoms with van der Waals surface area (Å²) in [6.07, 6.45) is 0. The largest absolute Gasteiger partial charge is 0.399 e. The van der Waals surface area contributed by atoms with Crippen LogP contribution in [0.1, 0.15) is 4.88 Å². The minimum Gasteiger partial charge on any atom is -0.399 e. The first-order valence-corrected chi connectivity index (χ1v) is 8.09. The van der Waals surface area contributed by atoms with Gasteiger partial charge in [-0.3, -0.25) is 0 Å². The van der Waals surface area contributed by atoms with Gasteiger partial charge < -0.3 is 11.1 Å². The van der Waals surface area contributed by atoms with Crippen LogP contribution in [0.4, 0.5) is 16.5 Å². The first-order valence-electron chi connectivity index (χ1n) is 6.48. The van der Waals surface area contributed by atoms with Gasteiger partial charge in [-0.2, -0.15) is 0 Å². The van der Waals surface area contributed by atoms with Gasteiger partial charge in [-0.05, 0) is 43.3 Å². The fourth-order valence-electron chi connectivity index (χ4n) is 2.04. The number of thiazole rings is 1. The molecule has 0 unspecified atom stereocenters. The molecule has 3 N–H and O–H groups in total. The summed E-state index contributed by atoms with van der Waals surface area (Å²) in [5.41, 5.74) is 9.56. The molecule has 0 saturated heterocycles. The number of rotatable bonds is 3. The zero-order valence-electron chi connectivity index (χ0n) is 11.4. The standard InChI is InChI=1S/C16H14BrN3S/c1-10-15(11-3-2-4-12(17)9-11)20-16(21-10)19-14-7-5-13(18)6-8-14/h2-9H,18H2,1H3,(H,19,20). The van der Waals surface area contributed by atoms with Gasteiger partial charge in [0.05, 0.1) is 5.69 Å². The molecule has 0 amide bonds. The average molecular weight is 360 g/mol. The van der Waals surface area contributed by atoms with Crippen LogP contribution in [0.2, 0.25) is 0 Å². The average Bonchev–Trinajstić information content (AvgIpc) is 2.82. The molecule has 5 heteroatoms. The zero-order valence-corrected chi connectivity index (χ0v) is 13.8. The first-order chi connectivity index (χ1) is 10.1. The molecule has 106 valence electrons. The Hall–Kier alpha value is -1.85. The van der Waals surface area contributed by atoms with Crippen molar-refractivity contribution < 1.29 is 0 Å². The Morgan fingerprint density at radius 1 is 1.14 bits per heavy atom. The van der Waals surface area contributed by atoms with E-state index >= 15 is 0 Å². The van der Waals surface area contributed by atoms with E-state index in [2.05, 4.69) is 40.3 Å². The summed E-state index contributed by atoms with van der Waals surface area (Å²) in [6, 6.07) is 15.8. The minimum atomic E-state index is 0.755. The van der Waals surface area contributed by atoms with Crippen LogP contribution in [0.25, 0.3) is 11.3 Å². The van der Waals surface area contributed by atoms with Gasteiger partial charge in [-0.25, -0.2) is 4.98 Å². The van der Waals surface area contributed by atoms with Crippen molar-refractivity contribution in [3.63, 3.8) is 0 Å². The topological polar surface area (TPSA) is 50.9 Å². The quantitative estimate of drug-likeness (QED) is 0.631. The van der Waals surface area contributed by atoms with Gasteiger partial charge in [0, 0.05) is 26.3 Å². The van der Waals surface area contributed by atoms with E-state index in [1.807, 2.05) is 36.4 Å². The van der Waals surface area contributed by atoms with E-state index in [1.165, 1.54) is 4.88 Å². The molecular formula is C16H14BrN3S. The molecule has 1 heterocycles. The molecule has 0 aliphatic heterocycles. The van der Waals surface area contributed by atoms with E-state index in [1.54, 1.807) is 11.3 Å². The predicted octanol–water partition coefficient (Wildman–Crippen LogP) is 5.21. The Labute approximate surface area is 136 Å². The van der Waals surface area contributed by atoms with Gasteiger partial charge in [-0.15, -0.1) is 11.3 Å². The molecule has 0 fully saturated rings. The Morgan fingerprint density at radius 3 is 2.62 bits per heavy atom. The number of anilines is 3. The molecular weight excluding hydrogens is 346 g/mol. The molecule has 1 aromatic heterocycles. The van der Waals surface area contributed by atoms with Crippen LogP contribution in [-0.4, -0.2) is 4.98 Å². The highest BCUT2D eigenvalue weighted by Gasteiger charge is 2.10. The SMILES string of the molecule is Cc1sc(Nc2ccc(N)cc2)nc1-c1cccc(Br)c1. The van der Waals surface area contributed by atoms with E-state index in [0.29, 0.717) is 0 Å². The van der Waals surface area contributed by atoms with E-state index in [4.69, 9.17) is 10.7 Å². The Balaban J connectivity index is 1.89. The third-order valence-corrected chi connectivity index (χ3v) is 4.44. The summed E-state index contributed by atoms with van der Waals surface area (Å²) < 4.78 is 1.06. The summed E-state index contributed by atoms with van der Waals surface area (Å²) in [4.78, 5) is 5.88. The van der Waals surface area contributed by atoms with Crippen molar-refractivity contribution in [2.45, 2.75) is 6.92 Å². The highest BCUT2D eigenvalue weighted by atomic mass is 79.9. The summed E-state index contributed by atoms with van der Waals surface area (Å²) in [7, 11) is 0. The van der Waals surface area contributed by atoms with Crippen molar-refractivity contribution in [3.05, 3.63) is 57.9 Å². The summed E-state index contributed by atoms with van der Waals surface area (Å²) in [5, 5.41) is 4.20. The van der Waals surface area contributed by atoms with Crippen molar-refractivity contribution in [1.82, 2.24) is 4.98 Å². The lowest BCUT2D eigenvalue weighted by molar-refractivity contribution is 1.36. The number of nitrogens with two attached hydrogens (primary N) is 1. The third-order valence-electron chi connectivity index (χ3n) is 3.06. The molecule has 3 aromatic rings. The number of halogens is 1. The minimum absolute atomic E-state index is 0.755. The van der Waals surface area contributed by atoms with E-state index in [9.17, 15) is 0 Å². The monoisotopic (exact) mass is 359 g/mol. The number of benzene rings is 2. The molecule has 3 rings (SSSR count). The fraction of sp³-hybridized carbons (Fsp3) is 0.0625. The van der Waals surface area contributed by atoms with Gasteiger partial charge in [0.15, 0.2) is 5.13 Å². The second-order valence-electron chi connectivity index (χ2n) is 4.68. The van der Waals surface area contributed by atoms with Crippen molar-refractivity contribution in [1.29, 1.82) is 0 Å². The van der Waals surface area contributed by atoms with Crippen LogP contribution in [0.15, 0.2) is 53.0 Å². The second-order valence-corrected chi connectivity index (χ2v) is 6.80. The highest BCUT2D eigenvalue weighted by Crippen LogP contribution is 2.33. The highest BCUT2D eigenvalue weighted by molar-refractivity contribution is 9.10. The zero-order chi connectivity index (χ0) is 14.8. The normalized spacial score (nSPS) is 10.6. The van der Waals surface area contributed by atoms with E-state index in [-0.39, 0.29) is 0 Å². The first kappa shape index (κ1) is 14.1. The smallest absolute Gasteiger partial charge is 0.187 e. The lowest BCUT2D eigenvalue weighted by atomic mass is 10.1. The van der Waals surface area contributed by atoms with Crippen molar-refractivity contribution in [2.75, 3.05) is 11.1 Å². The molecule has 0 saturated carbocycles. The van der Waals surface area contributed by atoms with Crippen LogP contribution in [-0.2, 0) is 0 Å². The van der Waals surface area contributed by atoms with Crippen molar-refractivity contribution in [2.24, 2.45) is 0 Å². The maximum atomic E-state index is 5.69. The number of nitrogens with one attached hydrogen (secondary N) is 1. The van der Waals surface area contributed by atoms with Gasteiger partial charge in [0.2, 0.25) is 0 Å². The number of aromatic nitrogens is 1. The fourth-order valence-corrected chi connectivity index (χ4v) is 3.30. The molecule has 0 spiro atoms. The second kappa shape index (κ2) is 5.87. The Morgan fingerprint density at radius 2 is 1.90 bits per heavy atom. The number of hydrogen-bond acceptors (Lipinski definition) is 4. The number of nitrogen functional groups attached to an aromatic ring is 1. The van der Waals surface area contributed by atoms with Crippen LogP contribution < -0.4 is 11.1 Å². The van der Waals surface area contributed by atoms with Gasteiger partial charge in [0.25, 0.3) is 0 Å².